The summed E-state index contributed by atoms with van der Waals surface area (Å²) in [6.07, 6.45) is 7.72. The van der Waals surface area contributed by atoms with Crippen molar-refractivity contribution in [3.8, 4) is 0 Å². The van der Waals surface area contributed by atoms with Crippen LogP contribution < -0.4 is 10.6 Å². The van der Waals surface area contributed by atoms with Gasteiger partial charge in [0.15, 0.2) is 0 Å². The summed E-state index contributed by atoms with van der Waals surface area (Å²) in [5.74, 6) is 0.725. The molecule has 1 rings (SSSR count). The Labute approximate surface area is 112 Å². The lowest BCUT2D eigenvalue weighted by molar-refractivity contribution is -0.124. The van der Waals surface area contributed by atoms with Gasteiger partial charge < -0.3 is 10.6 Å². The molecule has 0 bridgehead atoms. The van der Waals surface area contributed by atoms with Gasteiger partial charge in [-0.25, -0.2) is 0 Å². The van der Waals surface area contributed by atoms with E-state index in [9.17, 15) is 4.79 Å². The molecule has 0 aromatic heterocycles. The molecule has 1 aliphatic rings. The predicted molar refractivity (Wildman–Crippen MR) is 76.6 cm³/mol. The van der Waals surface area contributed by atoms with Crippen LogP contribution in [0.3, 0.4) is 0 Å². The Morgan fingerprint density at radius 3 is 2.28 bits per heavy atom. The van der Waals surface area contributed by atoms with Gasteiger partial charge in [-0.2, -0.15) is 0 Å². The molecule has 1 aliphatic carbocycles. The Morgan fingerprint density at radius 2 is 1.83 bits per heavy atom. The molecule has 1 atom stereocenters. The van der Waals surface area contributed by atoms with Crippen molar-refractivity contribution in [2.45, 2.75) is 77.3 Å². The van der Waals surface area contributed by atoms with Crippen LogP contribution >= 0.6 is 0 Å². The van der Waals surface area contributed by atoms with Crippen LogP contribution in [0.5, 0.6) is 0 Å². The quantitative estimate of drug-likeness (QED) is 0.765. The molecule has 1 saturated carbocycles. The highest BCUT2D eigenvalue weighted by molar-refractivity contribution is 5.77. The molecule has 3 nitrogen and oxygen atoms in total. The summed E-state index contributed by atoms with van der Waals surface area (Å²) in [5.41, 5.74) is 0.0532. The topological polar surface area (TPSA) is 41.1 Å². The number of carbonyl (C=O) groups excluding carboxylic acids is 1. The Hall–Kier alpha value is -0.570. The first-order valence-corrected chi connectivity index (χ1v) is 7.51. The van der Waals surface area contributed by atoms with E-state index in [2.05, 4.69) is 31.4 Å². The van der Waals surface area contributed by atoms with Gasteiger partial charge >= 0.3 is 0 Å². The first kappa shape index (κ1) is 15.5. The minimum Gasteiger partial charge on any atom is -0.353 e. The van der Waals surface area contributed by atoms with Gasteiger partial charge in [-0.15, -0.1) is 0 Å². The first-order valence-electron chi connectivity index (χ1n) is 7.51. The fourth-order valence-electron chi connectivity index (χ4n) is 3.05. The monoisotopic (exact) mass is 254 g/mol. The second-order valence-corrected chi connectivity index (χ2v) is 6.09. The molecule has 106 valence electrons. The maximum absolute atomic E-state index is 12.2. The van der Waals surface area contributed by atoms with Crippen LogP contribution in [-0.4, -0.2) is 24.5 Å². The van der Waals surface area contributed by atoms with Crippen molar-refractivity contribution >= 4 is 5.91 Å². The summed E-state index contributed by atoms with van der Waals surface area (Å²) in [5, 5.41) is 6.60. The maximum Gasteiger partial charge on any atom is 0.222 e. The average molecular weight is 254 g/mol. The Kier molecular flexibility index (Phi) is 6.13. The zero-order valence-electron chi connectivity index (χ0n) is 12.5. The summed E-state index contributed by atoms with van der Waals surface area (Å²) in [6.45, 7) is 6.48. The second kappa shape index (κ2) is 7.13. The fourth-order valence-corrected chi connectivity index (χ4v) is 3.05. The van der Waals surface area contributed by atoms with Crippen molar-refractivity contribution in [3.05, 3.63) is 0 Å². The minimum atomic E-state index is 0.0532. The van der Waals surface area contributed by atoms with E-state index in [0.29, 0.717) is 18.4 Å². The van der Waals surface area contributed by atoms with Crippen LogP contribution in [0.15, 0.2) is 0 Å². The largest absolute Gasteiger partial charge is 0.353 e. The van der Waals surface area contributed by atoms with Crippen molar-refractivity contribution in [2.24, 2.45) is 5.92 Å². The summed E-state index contributed by atoms with van der Waals surface area (Å²) in [6, 6.07) is 0.315. The average Bonchev–Trinajstić information content (AvgIpc) is 2.36. The van der Waals surface area contributed by atoms with Gasteiger partial charge in [-0.05, 0) is 32.2 Å². The third kappa shape index (κ3) is 4.27. The molecule has 0 aromatic carbocycles. The Morgan fingerprint density at radius 1 is 1.22 bits per heavy atom. The molecule has 18 heavy (non-hydrogen) atoms. The highest BCUT2D eigenvalue weighted by Crippen LogP contribution is 2.30. The van der Waals surface area contributed by atoms with Crippen molar-refractivity contribution in [2.75, 3.05) is 7.05 Å². The molecular formula is C15H30N2O. The number of rotatable bonds is 6. The molecule has 0 aromatic rings. The normalized spacial score (nSPS) is 20.7. The van der Waals surface area contributed by atoms with Gasteiger partial charge in [0.1, 0.15) is 0 Å². The van der Waals surface area contributed by atoms with E-state index in [-0.39, 0.29) is 11.4 Å². The summed E-state index contributed by atoms with van der Waals surface area (Å²) < 4.78 is 0. The van der Waals surface area contributed by atoms with E-state index in [1.54, 1.807) is 0 Å². The van der Waals surface area contributed by atoms with E-state index >= 15 is 0 Å². The van der Waals surface area contributed by atoms with E-state index < -0.39 is 0 Å². The van der Waals surface area contributed by atoms with Crippen LogP contribution in [0.4, 0.5) is 0 Å². The lowest BCUT2D eigenvalue weighted by Crippen LogP contribution is -2.50. The Bertz CT molecular complexity index is 257. The van der Waals surface area contributed by atoms with Gasteiger partial charge in [-0.1, -0.05) is 40.0 Å². The van der Waals surface area contributed by atoms with Crippen LogP contribution in [0.25, 0.3) is 0 Å². The molecule has 1 fully saturated rings. The molecule has 1 amide bonds. The number of hydrogen-bond acceptors (Lipinski definition) is 2. The number of amides is 1. The zero-order chi connectivity index (χ0) is 13.6. The second-order valence-electron chi connectivity index (χ2n) is 6.09. The van der Waals surface area contributed by atoms with Crippen molar-refractivity contribution in [1.29, 1.82) is 0 Å². The van der Waals surface area contributed by atoms with Gasteiger partial charge in [0.05, 0.1) is 0 Å². The fraction of sp³-hybridized carbons (Fsp3) is 0.933. The van der Waals surface area contributed by atoms with Crippen LogP contribution in [0.2, 0.25) is 0 Å². The van der Waals surface area contributed by atoms with Crippen molar-refractivity contribution in [1.82, 2.24) is 10.6 Å². The summed E-state index contributed by atoms with van der Waals surface area (Å²) >= 11 is 0. The first-order chi connectivity index (χ1) is 8.53. The van der Waals surface area contributed by atoms with E-state index in [0.717, 1.165) is 19.3 Å². The smallest absolute Gasteiger partial charge is 0.222 e. The summed E-state index contributed by atoms with van der Waals surface area (Å²) in [4.78, 5) is 12.2. The van der Waals surface area contributed by atoms with E-state index in [1.165, 1.54) is 19.3 Å². The highest BCUT2D eigenvalue weighted by atomic mass is 16.1. The molecule has 0 heterocycles. The van der Waals surface area contributed by atoms with Crippen LogP contribution in [0.1, 0.15) is 65.7 Å². The highest BCUT2D eigenvalue weighted by Gasteiger charge is 2.33. The molecule has 0 saturated heterocycles. The number of hydrogen-bond donors (Lipinski definition) is 2. The molecule has 1 unspecified atom stereocenters. The van der Waals surface area contributed by atoms with Gasteiger partial charge in [-0.3, -0.25) is 4.79 Å². The molecular weight excluding hydrogens is 224 g/mol. The van der Waals surface area contributed by atoms with Gasteiger partial charge in [0, 0.05) is 18.0 Å². The Balaban J connectivity index is 2.51. The standard InChI is InChI=1S/C15H30N2O/c1-5-13(12(2)3)17-14(18)11-15(16-4)9-7-6-8-10-15/h12-13,16H,5-11H2,1-4H3,(H,17,18). The van der Waals surface area contributed by atoms with Gasteiger partial charge in [0.2, 0.25) is 5.91 Å². The van der Waals surface area contributed by atoms with Crippen molar-refractivity contribution < 1.29 is 4.79 Å². The molecule has 0 spiro atoms. The molecule has 0 radical (unpaired) electrons. The predicted octanol–water partition coefficient (Wildman–Crippen LogP) is 2.85. The third-order valence-corrected chi connectivity index (χ3v) is 4.43. The zero-order valence-corrected chi connectivity index (χ0v) is 12.5. The minimum absolute atomic E-state index is 0.0532. The van der Waals surface area contributed by atoms with Crippen LogP contribution in [0, 0.1) is 5.92 Å². The SMILES string of the molecule is CCC(NC(=O)CC1(NC)CCCCC1)C(C)C. The van der Waals surface area contributed by atoms with Crippen LogP contribution in [-0.2, 0) is 4.79 Å². The van der Waals surface area contributed by atoms with Crippen molar-refractivity contribution in [3.63, 3.8) is 0 Å². The lowest BCUT2D eigenvalue weighted by atomic mass is 9.79. The molecule has 3 heteroatoms. The molecule has 2 N–H and O–H groups in total. The number of nitrogens with one attached hydrogen (secondary N) is 2. The van der Waals surface area contributed by atoms with E-state index in [1.807, 2.05) is 7.05 Å². The van der Waals surface area contributed by atoms with E-state index in [4.69, 9.17) is 0 Å². The maximum atomic E-state index is 12.2. The third-order valence-electron chi connectivity index (χ3n) is 4.43. The lowest BCUT2D eigenvalue weighted by Gasteiger charge is -2.37. The van der Waals surface area contributed by atoms with Gasteiger partial charge in [0.25, 0.3) is 0 Å². The summed E-state index contributed by atoms with van der Waals surface area (Å²) in [7, 11) is 2.00. The number of carbonyl (C=O) groups is 1. The molecule has 0 aliphatic heterocycles.